The molecule has 13 heteroatoms. The quantitative estimate of drug-likeness (QED) is 0.0658. The number of aliphatic imine (C=N–C) groups is 1. The van der Waals surface area contributed by atoms with Gasteiger partial charge in [0.2, 0.25) is 11.8 Å². The smallest absolute Gasteiger partial charge is 0.416 e. The zero-order valence-electron chi connectivity index (χ0n) is 25.2. The predicted molar refractivity (Wildman–Crippen MR) is 165 cm³/mol. The van der Waals surface area contributed by atoms with Gasteiger partial charge in [-0.15, -0.1) is 0 Å². The molecule has 1 aromatic rings. The van der Waals surface area contributed by atoms with E-state index in [1.165, 1.54) is 19.1 Å². The maximum Gasteiger partial charge on any atom is 0.416 e. The van der Waals surface area contributed by atoms with Gasteiger partial charge in [0.05, 0.1) is 16.9 Å². The maximum atomic E-state index is 13.0. The summed E-state index contributed by atoms with van der Waals surface area (Å²) in [5.74, 6) is -0.0561. The van der Waals surface area contributed by atoms with Gasteiger partial charge in [-0.2, -0.15) is 13.2 Å². The highest BCUT2D eigenvalue weighted by Gasteiger charge is 2.31. The lowest BCUT2D eigenvalue weighted by Crippen LogP contribution is -2.35. The van der Waals surface area contributed by atoms with Crippen LogP contribution in [0.25, 0.3) is 0 Å². The van der Waals surface area contributed by atoms with Crippen LogP contribution < -0.4 is 31.7 Å². The predicted octanol–water partition coefficient (Wildman–Crippen LogP) is 4.88. The van der Waals surface area contributed by atoms with E-state index >= 15 is 0 Å². The van der Waals surface area contributed by atoms with Gasteiger partial charge in [0.1, 0.15) is 11.5 Å². The van der Waals surface area contributed by atoms with Crippen molar-refractivity contribution in [3.05, 3.63) is 75.8 Å². The van der Waals surface area contributed by atoms with Crippen LogP contribution in [0.15, 0.2) is 75.2 Å². The Bertz CT molecular complexity index is 1230. The topological polar surface area (TPSA) is 130 Å². The molecule has 43 heavy (non-hydrogen) atoms. The van der Waals surface area contributed by atoms with E-state index in [9.17, 15) is 22.8 Å². The number of nitrogens with one attached hydrogen (secondary N) is 4. The summed E-state index contributed by atoms with van der Waals surface area (Å²) >= 11 is 6.43. The number of nitrogens with zero attached hydrogens (tertiary/aromatic N) is 1. The molecule has 1 aliphatic rings. The first-order valence-electron chi connectivity index (χ1n) is 14.0. The SMILES string of the molecule is CC.CNCC/C(=C\C(=C\N=CN)C(C)NC1=CC(Cl)=C(Oc2cccc(C(F)(F)F)c2)CC1)C(=O)NCCNC(C)=O. The molecule has 238 valence electrons. The molecule has 1 aromatic carbocycles. The minimum Gasteiger partial charge on any atom is -0.460 e. The van der Waals surface area contributed by atoms with Crippen molar-refractivity contribution in [2.45, 2.75) is 59.2 Å². The molecular formula is C30H42ClF3N6O3. The first kappa shape index (κ1) is 37.3. The van der Waals surface area contributed by atoms with Crippen LogP contribution in [0.1, 0.15) is 52.5 Å². The van der Waals surface area contributed by atoms with Gasteiger partial charge in [0.15, 0.2) is 0 Å². The number of carbonyl (C=O) groups excluding carboxylic acids is 2. The zero-order chi connectivity index (χ0) is 32.4. The third kappa shape index (κ3) is 13.8. The number of amides is 2. The fraction of sp³-hybridized carbons (Fsp3) is 0.433. The van der Waals surface area contributed by atoms with E-state index in [0.717, 1.165) is 24.2 Å². The number of rotatable bonds is 14. The maximum absolute atomic E-state index is 13.0. The van der Waals surface area contributed by atoms with Crippen molar-refractivity contribution in [2.75, 3.05) is 26.7 Å². The van der Waals surface area contributed by atoms with Gasteiger partial charge in [-0.3, -0.25) is 9.59 Å². The van der Waals surface area contributed by atoms with E-state index < -0.39 is 11.7 Å². The summed E-state index contributed by atoms with van der Waals surface area (Å²) in [5.41, 5.74) is 6.59. The Kier molecular flexibility index (Phi) is 16.8. The number of ether oxygens (including phenoxy) is 1. The van der Waals surface area contributed by atoms with E-state index in [4.69, 9.17) is 22.1 Å². The summed E-state index contributed by atoms with van der Waals surface area (Å²) in [5, 5.41) is 12.1. The molecule has 0 saturated heterocycles. The number of hydrogen-bond donors (Lipinski definition) is 5. The number of benzene rings is 1. The summed E-state index contributed by atoms with van der Waals surface area (Å²) in [4.78, 5) is 28.0. The Morgan fingerprint density at radius 3 is 2.47 bits per heavy atom. The van der Waals surface area contributed by atoms with E-state index in [2.05, 4.69) is 26.3 Å². The van der Waals surface area contributed by atoms with Gasteiger partial charge in [-0.1, -0.05) is 31.5 Å². The van der Waals surface area contributed by atoms with Crippen molar-refractivity contribution in [2.24, 2.45) is 10.7 Å². The molecule has 0 aliphatic heterocycles. The average Bonchev–Trinajstić information content (AvgIpc) is 2.97. The molecule has 1 aliphatic carbocycles. The van der Waals surface area contributed by atoms with Gasteiger partial charge < -0.3 is 31.7 Å². The summed E-state index contributed by atoms with van der Waals surface area (Å²) in [6.45, 7) is 8.41. The Balaban J connectivity index is 0.00000452. The second-order valence-corrected chi connectivity index (χ2v) is 9.53. The molecule has 1 unspecified atom stereocenters. The lowest BCUT2D eigenvalue weighted by molar-refractivity contribution is -0.137. The van der Waals surface area contributed by atoms with Gasteiger partial charge >= 0.3 is 6.18 Å². The average molecular weight is 627 g/mol. The van der Waals surface area contributed by atoms with Crippen LogP contribution in [0.3, 0.4) is 0 Å². The normalized spacial score (nSPS) is 14.9. The van der Waals surface area contributed by atoms with Crippen molar-refractivity contribution in [3.8, 4) is 5.75 Å². The van der Waals surface area contributed by atoms with E-state index in [1.54, 1.807) is 25.4 Å². The molecule has 0 bridgehead atoms. The first-order valence-corrected chi connectivity index (χ1v) is 14.3. The number of nitrogens with two attached hydrogens (primary N) is 1. The minimum absolute atomic E-state index is 0.0469. The Hall–Kier alpha value is -3.77. The third-order valence-corrected chi connectivity index (χ3v) is 6.18. The summed E-state index contributed by atoms with van der Waals surface area (Å²) in [7, 11) is 1.78. The van der Waals surface area contributed by atoms with E-state index in [0.29, 0.717) is 49.3 Å². The van der Waals surface area contributed by atoms with Crippen LogP contribution >= 0.6 is 11.6 Å². The zero-order valence-corrected chi connectivity index (χ0v) is 26.0. The molecule has 0 aromatic heterocycles. The summed E-state index contributed by atoms with van der Waals surface area (Å²) < 4.78 is 44.8. The largest absolute Gasteiger partial charge is 0.460 e. The summed E-state index contributed by atoms with van der Waals surface area (Å²) in [6, 6.07) is 4.30. The fourth-order valence-electron chi connectivity index (χ4n) is 3.77. The molecule has 2 amide bonds. The van der Waals surface area contributed by atoms with Crippen LogP contribution in [0.5, 0.6) is 5.75 Å². The van der Waals surface area contributed by atoms with Crippen molar-refractivity contribution in [3.63, 3.8) is 0 Å². The van der Waals surface area contributed by atoms with Crippen molar-refractivity contribution >= 4 is 29.8 Å². The number of carbonyl (C=O) groups is 2. The lowest BCUT2D eigenvalue weighted by atomic mass is 10.0. The molecular weight excluding hydrogens is 585 g/mol. The van der Waals surface area contributed by atoms with Gasteiger partial charge in [0.25, 0.3) is 0 Å². The van der Waals surface area contributed by atoms with Crippen LogP contribution in [0, 0.1) is 0 Å². The molecule has 6 N–H and O–H groups in total. The second-order valence-electron chi connectivity index (χ2n) is 9.12. The standard InChI is InChI=1S/C28H36ClF3N6O3.C2H6/c1-18(21(16-35-17-33)13-20(9-10-34-3)27(40)37-12-11-36-19(2)39)38-23-7-8-26(25(29)15-23)41-24-6-4-5-22(14-24)28(30,31)32;1-2/h4-6,13-18,34,38H,7-12H2,1-3H3,(H2,33,35)(H,36,39)(H,37,40);1-2H3/b20-13+,21-16-;. The fourth-order valence-corrected chi connectivity index (χ4v) is 4.03. The van der Waals surface area contributed by atoms with Crippen LogP contribution in [-0.4, -0.2) is 50.9 Å². The van der Waals surface area contributed by atoms with Gasteiger partial charge in [-0.25, -0.2) is 4.99 Å². The number of halogens is 4. The Morgan fingerprint density at radius 2 is 1.86 bits per heavy atom. The Labute approximate surface area is 256 Å². The third-order valence-electron chi connectivity index (χ3n) is 5.86. The molecule has 0 fully saturated rings. The second kappa shape index (κ2) is 19.4. The monoisotopic (exact) mass is 626 g/mol. The highest BCUT2D eigenvalue weighted by atomic mass is 35.5. The molecule has 0 radical (unpaired) electrons. The number of allylic oxidation sites excluding steroid dienone is 4. The lowest BCUT2D eigenvalue weighted by Gasteiger charge is -2.23. The highest BCUT2D eigenvalue weighted by Crippen LogP contribution is 2.33. The van der Waals surface area contributed by atoms with Gasteiger partial charge in [-0.05, 0) is 69.3 Å². The molecule has 0 saturated carbocycles. The van der Waals surface area contributed by atoms with Crippen LogP contribution in [0.2, 0.25) is 0 Å². The van der Waals surface area contributed by atoms with Gasteiger partial charge in [0, 0.05) is 49.9 Å². The molecule has 0 heterocycles. The molecule has 1 atom stereocenters. The van der Waals surface area contributed by atoms with Crippen molar-refractivity contribution in [1.82, 2.24) is 21.3 Å². The van der Waals surface area contributed by atoms with E-state index in [1.807, 2.05) is 20.8 Å². The number of hydrogen-bond acceptors (Lipinski definition) is 6. The summed E-state index contributed by atoms with van der Waals surface area (Å²) in [6.07, 6.45) is 2.89. The molecule has 9 nitrogen and oxygen atoms in total. The number of alkyl halides is 3. The van der Waals surface area contributed by atoms with Crippen LogP contribution in [0.4, 0.5) is 13.2 Å². The molecule has 2 rings (SSSR count). The van der Waals surface area contributed by atoms with Crippen LogP contribution in [-0.2, 0) is 15.8 Å². The molecule has 0 spiro atoms. The van der Waals surface area contributed by atoms with Crippen molar-refractivity contribution in [1.29, 1.82) is 0 Å². The Morgan fingerprint density at radius 1 is 1.16 bits per heavy atom. The van der Waals surface area contributed by atoms with Crippen molar-refractivity contribution < 1.29 is 27.5 Å². The van der Waals surface area contributed by atoms with E-state index in [-0.39, 0.29) is 35.2 Å². The highest BCUT2D eigenvalue weighted by molar-refractivity contribution is 6.31. The first-order chi connectivity index (χ1) is 20.4. The minimum atomic E-state index is -4.48.